The number of nitrogens with one attached hydrogen (secondary N) is 1. The lowest BCUT2D eigenvalue weighted by molar-refractivity contribution is 0.118. The van der Waals surface area contributed by atoms with Crippen molar-refractivity contribution in [1.29, 1.82) is 0 Å². The summed E-state index contributed by atoms with van der Waals surface area (Å²) in [5, 5.41) is 3.60. The monoisotopic (exact) mass is 225 g/mol. The average Bonchev–Trinajstić information content (AvgIpc) is 2.35. The van der Waals surface area contributed by atoms with Crippen molar-refractivity contribution < 1.29 is 4.74 Å². The van der Waals surface area contributed by atoms with Crippen LogP contribution in [0.5, 0.6) is 0 Å². The van der Waals surface area contributed by atoms with E-state index in [9.17, 15) is 0 Å². The van der Waals surface area contributed by atoms with Gasteiger partial charge in [0.15, 0.2) is 0 Å². The van der Waals surface area contributed by atoms with Crippen LogP contribution in [-0.2, 0) is 4.74 Å². The molecule has 1 rings (SSSR count). The molecule has 0 spiro atoms. The van der Waals surface area contributed by atoms with Crippen molar-refractivity contribution in [3.8, 4) is 0 Å². The molecule has 0 radical (unpaired) electrons. The quantitative estimate of drug-likeness (QED) is 0.505. The maximum Gasteiger partial charge on any atom is 0.0658 e. The maximum absolute atomic E-state index is 5.69. The van der Waals surface area contributed by atoms with Crippen LogP contribution in [0, 0.1) is 0 Å². The first-order chi connectivity index (χ1) is 7.88. The van der Waals surface area contributed by atoms with E-state index in [-0.39, 0.29) is 0 Å². The number of rotatable bonds is 8. The summed E-state index contributed by atoms with van der Waals surface area (Å²) in [6.45, 7) is 7.20. The van der Waals surface area contributed by atoms with Crippen LogP contribution in [0.2, 0.25) is 0 Å². The average molecular weight is 225 g/mol. The van der Waals surface area contributed by atoms with Gasteiger partial charge >= 0.3 is 0 Å². The standard InChI is InChI=1S/C14H27NO/c1-3-10-15-14(12-16-11-4-2)13-8-6-5-7-9-13/h8,14-15H,3-7,9-12H2,1-2H3. The van der Waals surface area contributed by atoms with Crippen LogP contribution in [-0.4, -0.2) is 25.8 Å². The molecular weight excluding hydrogens is 198 g/mol. The molecule has 2 nitrogen and oxygen atoms in total. The van der Waals surface area contributed by atoms with E-state index in [2.05, 4.69) is 25.2 Å². The van der Waals surface area contributed by atoms with Crippen molar-refractivity contribution in [3.05, 3.63) is 11.6 Å². The van der Waals surface area contributed by atoms with Gasteiger partial charge in [-0.2, -0.15) is 0 Å². The van der Waals surface area contributed by atoms with E-state index in [0.29, 0.717) is 6.04 Å². The molecule has 0 bridgehead atoms. The Kier molecular flexibility index (Phi) is 7.52. The Bertz CT molecular complexity index is 201. The molecule has 16 heavy (non-hydrogen) atoms. The van der Waals surface area contributed by atoms with Gasteiger partial charge in [0.2, 0.25) is 0 Å². The van der Waals surface area contributed by atoms with E-state index < -0.39 is 0 Å². The molecule has 0 saturated carbocycles. The van der Waals surface area contributed by atoms with Gasteiger partial charge in [0.05, 0.1) is 12.6 Å². The molecule has 1 unspecified atom stereocenters. The predicted octanol–water partition coefficient (Wildman–Crippen LogP) is 3.28. The van der Waals surface area contributed by atoms with E-state index in [1.165, 1.54) is 32.1 Å². The van der Waals surface area contributed by atoms with Gasteiger partial charge in [-0.1, -0.05) is 25.5 Å². The molecule has 0 aromatic heterocycles. The highest BCUT2D eigenvalue weighted by molar-refractivity contribution is 5.13. The van der Waals surface area contributed by atoms with E-state index in [0.717, 1.165) is 26.2 Å². The summed E-state index contributed by atoms with van der Waals surface area (Å²) in [6, 6.07) is 0.465. The predicted molar refractivity (Wildman–Crippen MR) is 69.7 cm³/mol. The maximum atomic E-state index is 5.69. The van der Waals surface area contributed by atoms with Gasteiger partial charge < -0.3 is 10.1 Å². The summed E-state index contributed by atoms with van der Waals surface area (Å²) in [6.07, 6.45) is 9.96. The summed E-state index contributed by atoms with van der Waals surface area (Å²) in [5.74, 6) is 0. The minimum absolute atomic E-state index is 0.465. The lowest BCUT2D eigenvalue weighted by Gasteiger charge is -2.24. The summed E-state index contributed by atoms with van der Waals surface area (Å²) in [5.41, 5.74) is 1.58. The fraction of sp³-hybridized carbons (Fsp3) is 0.857. The van der Waals surface area contributed by atoms with Gasteiger partial charge in [-0.25, -0.2) is 0 Å². The van der Waals surface area contributed by atoms with Crippen LogP contribution < -0.4 is 5.32 Å². The first kappa shape index (κ1) is 13.7. The fourth-order valence-corrected chi connectivity index (χ4v) is 2.14. The zero-order valence-corrected chi connectivity index (χ0v) is 10.9. The summed E-state index contributed by atoms with van der Waals surface area (Å²) < 4.78 is 5.69. The van der Waals surface area contributed by atoms with Gasteiger partial charge in [0, 0.05) is 6.61 Å². The fourth-order valence-electron chi connectivity index (χ4n) is 2.14. The number of hydrogen-bond acceptors (Lipinski definition) is 2. The summed E-state index contributed by atoms with van der Waals surface area (Å²) in [4.78, 5) is 0. The highest BCUT2D eigenvalue weighted by Gasteiger charge is 2.15. The second kappa shape index (κ2) is 8.77. The van der Waals surface area contributed by atoms with E-state index in [1.807, 2.05) is 0 Å². The van der Waals surface area contributed by atoms with Gasteiger partial charge in [0.25, 0.3) is 0 Å². The Labute approximate surface area is 100 Å². The van der Waals surface area contributed by atoms with Gasteiger partial charge in [0.1, 0.15) is 0 Å². The van der Waals surface area contributed by atoms with Crippen molar-refractivity contribution in [3.63, 3.8) is 0 Å². The Morgan fingerprint density at radius 3 is 2.81 bits per heavy atom. The van der Waals surface area contributed by atoms with Crippen LogP contribution in [0.1, 0.15) is 52.4 Å². The zero-order chi connectivity index (χ0) is 11.6. The molecule has 0 heterocycles. The molecule has 0 saturated heterocycles. The van der Waals surface area contributed by atoms with Crippen molar-refractivity contribution in [2.75, 3.05) is 19.8 Å². The van der Waals surface area contributed by atoms with Crippen molar-refractivity contribution in [2.45, 2.75) is 58.4 Å². The summed E-state index contributed by atoms with van der Waals surface area (Å²) >= 11 is 0. The molecule has 1 aliphatic carbocycles. The van der Waals surface area contributed by atoms with Crippen LogP contribution in [0.4, 0.5) is 0 Å². The van der Waals surface area contributed by atoms with Crippen molar-refractivity contribution >= 4 is 0 Å². The molecule has 0 aromatic carbocycles. The van der Waals surface area contributed by atoms with Crippen molar-refractivity contribution in [2.24, 2.45) is 0 Å². The Balaban J connectivity index is 2.38. The normalized spacial score (nSPS) is 18.2. The molecule has 0 amide bonds. The van der Waals surface area contributed by atoms with Crippen LogP contribution in [0.3, 0.4) is 0 Å². The Morgan fingerprint density at radius 2 is 2.19 bits per heavy atom. The SMILES string of the molecule is CCCNC(COCCC)C1=CCCCC1. The first-order valence-electron chi connectivity index (χ1n) is 6.88. The molecule has 0 fully saturated rings. The van der Waals surface area contributed by atoms with Gasteiger partial charge in [-0.3, -0.25) is 0 Å². The molecular formula is C14H27NO. The molecule has 1 N–H and O–H groups in total. The third-order valence-corrected chi connectivity index (χ3v) is 3.05. The first-order valence-corrected chi connectivity index (χ1v) is 6.88. The molecule has 0 aromatic rings. The number of allylic oxidation sites excluding steroid dienone is 1. The topological polar surface area (TPSA) is 21.3 Å². The lowest BCUT2D eigenvalue weighted by Crippen LogP contribution is -2.36. The largest absolute Gasteiger partial charge is 0.379 e. The zero-order valence-electron chi connectivity index (χ0n) is 10.9. The molecule has 1 aliphatic rings. The van der Waals surface area contributed by atoms with E-state index in [4.69, 9.17) is 4.74 Å². The molecule has 0 aliphatic heterocycles. The number of ether oxygens (including phenoxy) is 1. The third kappa shape index (κ3) is 5.13. The van der Waals surface area contributed by atoms with Crippen LogP contribution in [0.15, 0.2) is 11.6 Å². The Hall–Kier alpha value is -0.340. The second-order valence-electron chi connectivity index (χ2n) is 4.61. The minimum atomic E-state index is 0.465. The van der Waals surface area contributed by atoms with Crippen LogP contribution in [0.25, 0.3) is 0 Å². The van der Waals surface area contributed by atoms with Crippen LogP contribution >= 0.6 is 0 Å². The highest BCUT2D eigenvalue weighted by atomic mass is 16.5. The molecule has 1 atom stereocenters. The Morgan fingerprint density at radius 1 is 1.31 bits per heavy atom. The smallest absolute Gasteiger partial charge is 0.0658 e. The second-order valence-corrected chi connectivity index (χ2v) is 4.61. The summed E-state index contributed by atoms with van der Waals surface area (Å²) in [7, 11) is 0. The van der Waals surface area contributed by atoms with Gasteiger partial charge in [-0.15, -0.1) is 0 Å². The van der Waals surface area contributed by atoms with E-state index >= 15 is 0 Å². The lowest BCUT2D eigenvalue weighted by atomic mass is 9.94. The minimum Gasteiger partial charge on any atom is -0.379 e. The molecule has 2 heteroatoms. The number of hydrogen-bond donors (Lipinski definition) is 1. The third-order valence-electron chi connectivity index (χ3n) is 3.05. The highest BCUT2D eigenvalue weighted by Crippen LogP contribution is 2.20. The van der Waals surface area contributed by atoms with Gasteiger partial charge in [-0.05, 0) is 45.1 Å². The van der Waals surface area contributed by atoms with E-state index in [1.54, 1.807) is 5.57 Å². The van der Waals surface area contributed by atoms with Crippen molar-refractivity contribution in [1.82, 2.24) is 5.32 Å². The molecule has 94 valence electrons.